The summed E-state index contributed by atoms with van der Waals surface area (Å²) in [7, 11) is 0. The highest BCUT2D eigenvalue weighted by Gasteiger charge is 2.43. The fourth-order valence-electron chi connectivity index (χ4n) is 2.85. The largest absolute Gasteiger partial charge is 0.586 e. The Morgan fingerprint density at radius 1 is 1.19 bits per heavy atom. The monoisotopic (exact) mass is 390 g/mol. The van der Waals surface area contributed by atoms with Crippen molar-refractivity contribution in [3.8, 4) is 22.6 Å². The first-order valence-corrected chi connectivity index (χ1v) is 8.44. The number of rotatable bonds is 3. The molecule has 2 heterocycles. The van der Waals surface area contributed by atoms with E-state index in [1.165, 1.54) is 12.1 Å². The second-order valence-electron chi connectivity index (χ2n) is 6.12. The molecule has 8 heteroatoms. The molecule has 1 N–H and O–H groups in total. The molecule has 0 unspecified atom stereocenters. The van der Waals surface area contributed by atoms with E-state index in [-0.39, 0.29) is 22.4 Å². The summed E-state index contributed by atoms with van der Waals surface area (Å²) in [6.07, 6.45) is -1.34. The SMILES string of the molecule is CC1=C(C(=O)Nc2ccc(-c3cc4c(cc3Cl)OC(F)(F)O4)cc2)N=CC1. The van der Waals surface area contributed by atoms with E-state index in [4.69, 9.17) is 11.6 Å². The maximum atomic E-state index is 13.2. The Labute approximate surface area is 158 Å². The zero-order valence-corrected chi connectivity index (χ0v) is 14.8. The zero-order valence-electron chi connectivity index (χ0n) is 14.1. The van der Waals surface area contributed by atoms with Crippen molar-refractivity contribution in [2.45, 2.75) is 19.6 Å². The number of carbonyl (C=O) groups is 1. The quantitative estimate of drug-likeness (QED) is 0.800. The number of benzene rings is 2. The van der Waals surface area contributed by atoms with Gasteiger partial charge in [-0.05, 0) is 36.3 Å². The van der Waals surface area contributed by atoms with E-state index in [9.17, 15) is 13.6 Å². The van der Waals surface area contributed by atoms with Gasteiger partial charge < -0.3 is 14.8 Å². The average Bonchev–Trinajstić information content (AvgIpc) is 3.16. The number of anilines is 1. The minimum Gasteiger partial charge on any atom is -0.395 e. The summed E-state index contributed by atoms with van der Waals surface area (Å²) in [5.74, 6) is -0.478. The molecule has 2 aromatic rings. The lowest BCUT2D eigenvalue weighted by molar-refractivity contribution is -0.286. The number of ether oxygens (including phenoxy) is 2. The molecule has 0 radical (unpaired) electrons. The highest BCUT2D eigenvalue weighted by atomic mass is 35.5. The first-order chi connectivity index (χ1) is 12.8. The molecular weight excluding hydrogens is 378 g/mol. The molecule has 1 amide bonds. The van der Waals surface area contributed by atoms with Crippen LogP contribution in [0, 0.1) is 0 Å². The Kier molecular flexibility index (Phi) is 4.11. The Bertz CT molecular complexity index is 1000. The summed E-state index contributed by atoms with van der Waals surface area (Å²) in [4.78, 5) is 16.3. The maximum Gasteiger partial charge on any atom is 0.586 e. The predicted octanol–water partition coefficient (Wildman–Crippen LogP) is 5.02. The Balaban J connectivity index is 1.56. The third-order valence-corrected chi connectivity index (χ3v) is 4.49. The van der Waals surface area contributed by atoms with Gasteiger partial charge in [0.2, 0.25) is 0 Å². The average molecular weight is 391 g/mol. The van der Waals surface area contributed by atoms with Crippen LogP contribution in [0.25, 0.3) is 11.1 Å². The van der Waals surface area contributed by atoms with Crippen molar-refractivity contribution in [2.75, 3.05) is 5.32 Å². The molecule has 2 aliphatic heterocycles. The third kappa shape index (κ3) is 3.38. The van der Waals surface area contributed by atoms with Crippen LogP contribution in [-0.2, 0) is 4.79 Å². The van der Waals surface area contributed by atoms with Crippen molar-refractivity contribution in [3.63, 3.8) is 0 Å². The van der Waals surface area contributed by atoms with Gasteiger partial charge in [0.25, 0.3) is 5.91 Å². The first-order valence-electron chi connectivity index (χ1n) is 8.06. The van der Waals surface area contributed by atoms with Crippen LogP contribution >= 0.6 is 11.6 Å². The smallest absolute Gasteiger partial charge is 0.395 e. The van der Waals surface area contributed by atoms with Crippen LogP contribution in [0.3, 0.4) is 0 Å². The highest BCUT2D eigenvalue weighted by molar-refractivity contribution is 6.33. The lowest BCUT2D eigenvalue weighted by Crippen LogP contribution is -2.25. The van der Waals surface area contributed by atoms with E-state index in [1.807, 2.05) is 6.92 Å². The minimum absolute atomic E-state index is 0.0849. The van der Waals surface area contributed by atoms with Crippen molar-refractivity contribution in [3.05, 3.63) is 52.7 Å². The van der Waals surface area contributed by atoms with E-state index >= 15 is 0 Å². The van der Waals surface area contributed by atoms with Gasteiger partial charge in [-0.25, -0.2) is 0 Å². The number of alkyl halides is 2. The number of nitrogens with zero attached hydrogens (tertiary/aromatic N) is 1. The third-order valence-electron chi connectivity index (χ3n) is 4.18. The summed E-state index contributed by atoms with van der Waals surface area (Å²) >= 11 is 6.19. The molecular formula is C19H13ClF2N2O3. The molecule has 0 bridgehead atoms. The topological polar surface area (TPSA) is 59.9 Å². The summed E-state index contributed by atoms with van der Waals surface area (Å²) in [5.41, 5.74) is 3.09. The van der Waals surface area contributed by atoms with Crippen molar-refractivity contribution in [1.29, 1.82) is 0 Å². The van der Waals surface area contributed by atoms with E-state index < -0.39 is 6.29 Å². The summed E-state index contributed by atoms with van der Waals surface area (Å²) in [6.45, 7) is 1.86. The van der Waals surface area contributed by atoms with Gasteiger partial charge >= 0.3 is 6.29 Å². The molecule has 4 rings (SSSR count). The van der Waals surface area contributed by atoms with Gasteiger partial charge in [-0.1, -0.05) is 23.7 Å². The van der Waals surface area contributed by atoms with Gasteiger partial charge in [0, 0.05) is 30.0 Å². The number of hydrogen-bond donors (Lipinski definition) is 1. The number of allylic oxidation sites excluding steroid dienone is 1. The number of carbonyl (C=O) groups excluding carboxylic acids is 1. The van der Waals surface area contributed by atoms with Gasteiger partial charge in [0.1, 0.15) is 5.70 Å². The molecule has 0 saturated carbocycles. The minimum atomic E-state index is -3.70. The molecule has 0 saturated heterocycles. The van der Waals surface area contributed by atoms with Crippen LogP contribution < -0.4 is 14.8 Å². The molecule has 0 spiro atoms. The lowest BCUT2D eigenvalue weighted by Gasteiger charge is -2.09. The van der Waals surface area contributed by atoms with Crippen molar-refractivity contribution >= 4 is 29.4 Å². The maximum absolute atomic E-state index is 13.2. The van der Waals surface area contributed by atoms with Crippen molar-refractivity contribution in [1.82, 2.24) is 0 Å². The number of aliphatic imine (C=N–C) groups is 1. The standard InChI is InChI=1S/C19H13ClF2N2O3/c1-10-6-7-23-17(10)18(25)24-12-4-2-11(3-5-12)13-8-15-16(9-14(13)20)27-19(21,22)26-15/h2-5,7-9H,6H2,1H3,(H,24,25). The molecule has 0 fully saturated rings. The van der Waals surface area contributed by atoms with Gasteiger partial charge in [-0.15, -0.1) is 8.78 Å². The second-order valence-corrected chi connectivity index (χ2v) is 6.53. The number of fused-ring (bicyclic) bond motifs is 1. The molecule has 138 valence electrons. The Morgan fingerprint density at radius 3 is 2.48 bits per heavy atom. The van der Waals surface area contributed by atoms with E-state index in [2.05, 4.69) is 19.8 Å². The number of halogens is 3. The number of hydrogen-bond acceptors (Lipinski definition) is 4. The van der Waals surface area contributed by atoms with Crippen molar-refractivity contribution in [2.24, 2.45) is 4.99 Å². The van der Waals surface area contributed by atoms with Crippen LogP contribution in [0.1, 0.15) is 13.3 Å². The molecule has 2 aliphatic rings. The summed E-state index contributed by atoms with van der Waals surface area (Å²) in [6, 6.07) is 9.50. The predicted molar refractivity (Wildman–Crippen MR) is 97.5 cm³/mol. The summed E-state index contributed by atoms with van der Waals surface area (Å²) in [5, 5.41) is 3.02. The fourth-order valence-corrected chi connectivity index (χ4v) is 3.11. The van der Waals surface area contributed by atoms with Crippen LogP contribution in [0.5, 0.6) is 11.5 Å². The first kappa shape index (κ1) is 17.5. The van der Waals surface area contributed by atoms with Gasteiger partial charge in [-0.2, -0.15) is 0 Å². The highest BCUT2D eigenvalue weighted by Crippen LogP contribution is 2.46. The molecule has 2 aromatic carbocycles. The Morgan fingerprint density at radius 2 is 1.85 bits per heavy atom. The van der Waals surface area contributed by atoms with E-state index in [0.717, 1.165) is 5.57 Å². The van der Waals surface area contributed by atoms with Crippen LogP contribution in [0.15, 0.2) is 52.7 Å². The second kappa shape index (κ2) is 6.35. The van der Waals surface area contributed by atoms with E-state index in [0.29, 0.717) is 28.9 Å². The normalized spacial score (nSPS) is 16.7. The molecule has 5 nitrogen and oxygen atoms in total. The van der Waals surface area contributed by atoms with Gasteiger partial charge in [-0.3, -0.25) is 9.79 Å². The van der Waals surface area contributed by atoms with Crippen LogP contribution in [-0.4, -0.2) is 18.4 Å². The number of amides is 1. The molecule has 27 heavy (non-hydrogen) atoms. The van der Waals surface area contributed by atoms with E-state index in [1.54, 1.807) is 30.5 Å². The van der Waals surface area contributed by atoms with Crippen molar-refractivity contribution < 1.29 is 23.0 Å². The number of nitrogens with one attached hydrogen (secondary N) is 1. The van der Waals surface area contributed by atoms with Crippen LogP contribution in [0.4, 0.5) is 14.5 Å². The zero-order chi connectivity index (χ0) is 19.2. The van der Waals surface area contributed by atoms with Crippen LogP contribution in [0.2, 0.25) is 5.02 Å². The summed E-state index contributed by atoms with van der Waals surface area (Å²) < 4.78 is 35.2. The Hall–Kier alpha value is -2.93. The molecule has 0 aliphatic carbocycles. The lowest BCUT2D eigenvalue weighted by atomic mass is 10.0. The van der Waals surface area contributed by atoms with Gasteiger partial charge in [0.05, 0.1) is 5.02 Å². The molecule has 0 aromatic heterocycles. The fraction of sp³-hybridized carbons (Fsp3) is 0.158. The molecule has 0 atom stereocenters. The van der Waals surface area contributed by atoms with Gasteiger partial charge in [0.15, 0.2) is 11.5 Å².